The standard InChI is InChI=1S/C13H18ClNO4S/c1-13(2,3)19-12(17)15(4)6-8-7-20-10(9(8)14)11(16)18-5/h7H,6H2,1-5H3. The van der Waals surface area contributed by atoms with E-state index in [0.717, 1.165) is 0 Å². The first-order valence-corrected chi connectivity index (χ1v) is 7.19. The third kappa shape index (κ3) is 4.38. The zero-order chi connectivity index (χ0) is 15.5. The number of hydrogen-bond donors (Lipinski definition) is 0. The number of esters is 1. The Balaban J connectivity index is 2.77. The van der Waals surface area contributed by atoms with E-state index in [2.05, 4.69) is 4.74 Å². The maximum absolute atomic E-state index is 11.8. The molecule has 112 valence electrons. The first kappa shape index (κ1) is 16.8. The highest BCUT2D eigenvalue weighted by Crippen LogP contribution is 2.29. The van der Waals surface area contributed by atoms with Gasteiger partial charge in [-0.3, -0.25) is 0 Å². The normalized spacial score (nSPS) is 11.1. The molecule has 0 aliphatic carbocycles. The molecule has 0 aliphatic heterocycles. The Morgan fingerprint density at radius 3 is 2.50 bits per heavy atom. The lowest BCUT2D eigenvalue weighted by molar-refractivity contribution is 0.0285. The molecule has 0 fully saturated rings. The van der Waals surface area contributed by atoms with E-state index in [0.29, 0.717) is 15.5 Å². The van der Waals surface area contributed by atoms with Gasteiger partial charge in [0, 0.05) is 12.6 Å². The predicted octanol–water partition coefficient (Wildman–Crippen LogP) is 3.56. The number of ether oxygens (including phenoxy) is 2. The van der Waals surface area contributed by atoms with Crippen molar-refractivity contribution in [2.45, 2.75) is 32.9 Å². The molecule has 0 radical (unpaired) electrons. The third-order valence-electron chi connectivity index (χ3n) is 2.28. The fourth-order valence-electron chi connectivity index (χ4n) is 1.38. The van der Waals surface area contributed by atoms with Crippen LogP contribution in [0.25, 0.3) is 0 Å². The van der Waals surface area contributed by atoms with Gasteiger partial charge in [-0.1, -0.05) is 11.6 Å². The first-order chi connectivity index (χ1) is 9.15. The second-order valence-electron chi connectivity index (χ2n) is 5.23. The number of nitrogens with zero attached hydrogens (tertiary/aromatic N) is 1. The fourth-order valence-corrected chi connectivity index (χ4v) is 2.63. The third-order valence-corrected chi connectivity index (χ3v) is 3.84. The van der Waals surface area contributed by atoms with Gasteiger partial charge in [0.25, 0.3) is 0 Å². The minimum absolute atomic E-state index is 0.265. The molecule has 0 unspecified atom stereocenters. The summed E-state index contributed by atoms with van der Waals surface area (Å²) in [7, 11) is 2.91. The van der Waals surface area contributed by atoms with Crippen LogP contribution >= 0.6 is 22.9 Å². The number of thiophene rings is 1. The van der Waals surface area contributed by atoms with E-state index in [9.17, 15) is 9.59 Å². The Bertz CT molecular complexity index is 507. The molecule has 0 saturated carbocycles. The largest absolute Gasteiger partial charge is 0.465 e. The van der Waals surface area contributed by atoms with Crippen molar-refractivity contribution in [1.29, 1.82) is 0 Å². The maximum Gasteiger partial charge on any atom is 0.410 e. The van der Waals surface area contributed by atoms with Gasteiger partial charge in [0.05, 0.1) is 18.7 Å². The Hall–Kier alpha value is -1.27. The van der Waals surface area contributed by atoms with Crippen molar-refractivity contribution in [1.82, 2.24) is 4.90 Å². The average Bonchev–Trinajstić information content (AvgIpc) is 2.68. The van der Waals surface area contributed by atoms with E-state index in [1.807, 2.05) is 0 Å². The Labute approximate surface area is 127 Å². The van der Waals surface area contributed by atoms with E-state index in [1.54, 1.807) is 33.2 Å². The number of carbonyl (C=O) groups is 2. The van der Waals surface area contributed by atoms with Crippen molar-refractivity contribution in [3.63, 3.8) is 0 Å². The number of amides is 1. The average molecular weight is 320 g/mol. The molecule has 0 bridgehead atoms. The Morgan fingerprint density at radius 1 is 1.40 bits per heavy atom. The van der Waals surface area contributed by atoms with Gasteiger partial charge in [-0.25, -0.2) is 9.59 Å². The van der Waals surface area contributed by atoms with E-state index in [-0.39, 0.29) is 6.54 Å². The smallest absolute Gasteiger partial charge is 0.410 e. The van der Waals surface area contributed by atoms with E-state index < -0.39 is 17.7 Å². The van der Waals surface area contributed by atoms with Crippen molar-refractivity contribution in [3.05, 3.63) is 20.8 Å². The first-order valence-electron chi connectivity index (χ1n) is 5.94. The summed E-state index contributed by atoms with van der Waals surface area (Å²) in [4.78, 5) is 25.0. The number of carbonyl (C=O) groups excluding carboxylic acids is 2. The van der Waals surface area contributed by atoms with Crippen LogP contribution in [0.15, 0.2) is 5.38 Å². The molecule has 1 rings (SSSR count). The van der Waals surface area contributed by atoms with Crippen molar-refractivity contribution >= 4 is 35.0 Å². The molecule has 0 aromatic carbocycles. The van der Waals surface area contributed by atoms with Crippen molar-refractivity contribution < 1.29 is 19.1 Å². The SMILES string of the molecule is COC(=O)c1scc(CN(C)C(=O)OC(C)(C)C)c1Cl. The van der Waals surface area contributed by atoms with Crippen LogP contribution in [0.1, 0.15) is 36.0 Å². The summed E-state index contributed by atoms with van der Waals surface area (Å²) in [5.41, 5.74) is 0.131. The Morgan fingerprint density at radius 2 is 2.00 bits per heavy atom. The molecule has 1 aromatic heterocycles. The number of halogens is 1. The van der Waals surface area contributed by atoms with Crippen LogP contribution in [-0.4, -0.2) is 36.7 Å². The summed E-state index contributed by atoms with van der Waals surface area (Å²) in [6.07, 6.45) is -0.445. The summed E-state index contributed by atoms with van der Waals surface area (Å²) in [6, 6.07) is 0. The molecule has 0 N–H and O–H groups in total. The zero-order valence-electron chi connectivity index (χ0n) is 12.2. The van der Waals surface area contributed by atoms with Gasteiger partial charge in [-0.15, -0.1) is 11.3 Å². The molecule has 0 aliphatic rings. The summed E-state index contributed by atoms with van der Waals surface area (Å²) in [5, 5.41) is 2.05. The van der Waals surface area contributed by atoms with Crippen LogP contribution in [-0.2, 0) is 16.0 Å². The highest BCUT2D eigenvalue weighted by atomic mass is 35.5. The second-order valence-corrected chi connectivity index (χ2v) is 6.49. The van der Waals surface area contributed by atoms with E-state index >= 15 is 0 Å². The fraction of sp³-hybridized carbons (Fsp3) is 0.538. The van der Waals surface area contributed by atoms with Gasteiger partial charge in [0.15, 0.2) is 0 Å². The minimum atomic E-state index is -0.555. The van der Waals surface area contributed by atoms with Crippen LogP contribution in [0.2, 0.25) is 5.02 Å². The summed E-state index contributed by atoms with van der Waals surface area (Å²) in [6.45, 7) is 5.66. The quantitative estimate of drug-likeness (QED) is 0.799. The Kier molecular flexibility index (Phi) is 5.42. The lowest BCUT2D eigenvalue weighted by Gasteiger charge is -2.24. The predicted molar refractivity (Wildman–Crippen MR) is 78.4 cm³/mol. The topological polar surface area (TPSA) is 55.8 Å². The lowest BCUT2D eigenvalue weighted by atomic mass is 10.2. The summed E-state index contributed by atoms with van der Waals surface area (Å²) >= 11 is 7.30. The van der Waals surface area contributed by atoms with Crippen LogP contribution < -0.4 is 0 Å². The summed E-state index contributed by atoms with van der Waals surface area (Å²) in [5.74, 6) is -0.480. The highest BCUT2D eigenvalue weighted by molar-refractivity contribution is 7.12. The van der Waals surface area contributed by atoms with Gasteiger partial charge in [0.1, 0.15) is 10.5 Å². The molecule has 0 saturated heterocycles. The molecule has 0 spiro atoms. The number of rotatable bonds is 3. The molecule has 0 atom stereocenters. The van der Waals surface area contributed by atoms with E-state index in [4.69, 9.17) is 16.3 Å². The minimum Gasteiger partial charge on any atom is -0.465 e. The highest BCUT2D eigenvalue weighted by Gasteiger charge is 2.22. The molecular formula is C13H18ClNO4S. The summed E-state index contributed by atoms with van der Waals surface area (Å²) < 4.78 is 9.87. The molecule has 1 aromatic rings. The van der Waals surface area contributed by atoms with Crippen LogP contribution in [0.5, 0.6) is 0 Å². The van der Waals surface area contributed by atoms with Crippen molar-refractivity contribution in [2.75, 3.05) is 14.2 Å². The second kappa shape index (κ2) is 6.45. The molecule has 5 nitrogen and oxygen atoms in total. The van der Waals surface area contributed by atoms with Crippen molar-refractivity contribution in [2.24, 2.45) is 0 Å². The molecule has 20 heavy (non-hydrogen) atoms. The van der Waals surface area contributed by atoms with Gasteiger partial charge in [0.2, 0.25) is 0 Å². The molecule has 1 heterocycles. The monoisotopic (exact) mass is 319 g/mol. The molecular weight excluding hydrogens is 302 g/mol. The van der Waals surface area contributed by atoms with Gasteiger partial charge in [-0.2, -0.15) is 0 Å². The van der Waals surface area contributed by atoms with Gasteiger partial charge < -0.3 is 14.4 Å². The zero-order valence-corrected chi connectivity index (χ0v) is 13.7. The van der Waals surface area contributed by atoms with Crippen LogP contribution in [0, 0.1) is 0 Å². The van der Waals surface area contributed by atoms with Crippen molar-refractivity contribution in [3.8, 4) is 0 Å². The molecule has 7 heteroatoms. The maximum atomic E-state index is 11.8. The van der Waals surface area contributed by atoms with Gasteiger partial charge in [-0.05, 0) is 26.2 Å². The van der Waals surface area contributed by atoms with Crippen LogP contribution in [0.3, 0.4) is 0 Å². The number of methoxy groups -OCH3 is 1. The number of hydrogen-bond acceptors (Lipinski definition) is 5. The van der Waals surface area contributed by atoms with Crippen LogP contribution in [0.4, 0.5) is 4.79 Å². The lowest BCUT2D eigenvalue weighted by Crippen LogP contribution is -2.33. The van der Waals surface area contributed by atoms with Gasteiger partial charge >= 0.3 is 12.1 Å². The molecule has 1 amide bonds. The van der Waals surface area contributed by atoms with E-state index in [1.165, 1.54) is 23.3 Å².